The number of pyridine rings is 2. The predicted octanol–water partition coefficient (Wildman–Crippen LogP) is 3.52. The van der Waals surface area contributed by atoms with Gasteiger partial charge in [0.25, 0.3) is 0 Å². The van der Waals surface area contributed by atoms with Crippen molar-refractivity contribution in [2.75, 3.05) is 24.7 Å². The van der Waals surface area contributed by atoms with Crippen molar-refractivity contribution in [1.29, 1.82) is 0 Å². The molecule has 8 nitrogen and oxygen atoms in total. The molecule has 160 valence electrons. The number of aromatic amines is 1. The summed E-state index contributed by atoms with van der Waals surface area (Å²) >= 11 is 0. The van der Waals surface area contributed by atoms with E-state index in [-0.39, 0.29) is 6.04 Å². The van der Waals surface area contributed by atoms with Crippen molar-refractivity contribution in [2.45, 2.75) is 33.2 Å². The molecule has 4 aromatic heterocycles. The van der Waals surface area contributed by atoms with Crippen molar-refractivity contribution in [2.24, 2.45) is 7.05 Å². The van der Waals surface area contributed by atoms with Crippen LogP contribution in [0.2, 0.25) is 0 Å². The number of nitrogens with zero attached hydrogens (tertiary/aromatic N) is 6. The molecular weight excluding hydrogens is 390 g/mol. The highest BCUT2D eigenvalue weighted by Crippen LogP contribution is 2.37. The van der Waals surface area contributed by atoms with Gasteiger partial charge < -0.3 is 9.64 Å². The maximum absolute atomic E-state index is 5.66. The number of morpholine rings is 1. The average molecular weight is 418 g/mol. The standard InChI is InChI=1S/C23H27N7O/c1-5-16-6-7-17(15(3)25-16)18-12-20(30-10-11-31-13-14(30)2)26-22-21(19-8-9-24-27-19)28-29(4)23(18)22/h6-9,12,14H,5,10-11,13H2,1-4H3,(H,24,27)/t14-/m1/s1. The molecule has 1 N–H and O–H groups in total. The summed E-state index contributed by atoms with van der Waals surface area (Å²) in [6, 6.07) is 8.64. The van der Waals surface area contributed by atoms with Gasteiger partial charge in [-0.2, -0.15) is 10.2 Å². The summed E-state index contributed by atoms with van der Waals surface area (Å²) in [6.45, 7) is 8.58. The summed E-state index contributed by atoms with van der Waals surface area (Å²) < 4.78 is 7.57. The van der Waals surface area contributed by atoms with Gasteiger partial charge in [0.05, 0.1) is 30.5 Å². The van der Waals surface area contributed by atoms with Gasteiger partial charge in [-0.15, -0.1) is 0 Å². The normalized spacial score (nSPS) is 16.9. The summed E-state index contributed by atoms with van der Waals surface area (Å²) in [5.41, 5.74) is 7.80. The van der Waals surface area contributed by atoms with Crippen LogP contribution in [-0.2, 0) is 18.2 Å². The molecule has 5 rings (SSSR count). The smallest absolute Gasteiger partial charge is 0.136 e. The third kappa shape index (κ3) is 3.37. The summed E-state index contributed by atoms with van der Waals surface area (Å²) in [6.07, 6.45) is 2.65. The van der Waals surface area contributed by atoms with E-state index in [2.05, 4.69) is 54.1 Å². The van der Waals surface area contributed by atoms with Gasteiger partial charge in [0.15, 0.2) is 0 Å². The number of rotatable bonds is 4. The van der Waals surface area contributed by atoms with E-state index in [0.717, 1.165) is 63.7 Å². The van der Waals surface area contributed by atoms with Crippen molar-refractivity contribution in [1.82, 2.24) is 29.9 Å². The summed E-state index contributed by atoms with van der Waals surface area (Å²) in [5, 5.41) is 12.0. The number of H-pyrrole nitrogens is 1. The van der Waals surface area contributed by atoms with Gasteiger partial charge in [-0.1, -0.05) is 13.0 Å². The second-order valence-corrected chi connectivity index (χ2v) is 8.07. The Hall–Kier alpha value is -3.26. The quantitative estimate of drug-likeness (QED) is 0.547. The summed E-state index contributed by atoms with van der Waals surface area (Å²) in [5.74, 6) is 0.936. The molecule has 1 fully saturated rings. The topological polar surface area (TPSA) is 84.8 Å². The minimum absolute atomic E-state index is 0.250. The van der Waals surface area contributed by atoms with Crippen molar-refractivity contribution < 1.29 is 4.74 Å². The molecule has 0 spiro atoms. The number of aromatic nitrogens is 6. The van der Waals surface area contributed by atoms with E-state index in [0.29, 0.717) is 13.2 Å². The fourth-order valence-electron chi connectivity index (χ4n) is 4.35. The lowest BCUT2D eigenvalue weighted by Gasteiger charge is -2.34. The predicted molar refractivity (Wildman–Crippen MR) is 121 cm³/mol. The Balaban J connectivity index is 1.79. The van der Waals surface area contributed by atoms with Crippen molar-refractivity contribution in [3.8, 4) is 22.5 Å². The number of hydrogen-bond donors (Lipinski definition) is 1. The molecule has 5 heterocycles. The van der Waals surface area contributed by atoms with E-state index in [1.54, 1.807) is 6.20 Å². The largest absolute Gasteiger partial charge is 0.377 e. The number of fused-ring (bicyclic) bond motifs is 1. The van der Waals surface area contributed by atoms with E-state index >= 15 is 0 Å². The Labute approximate surface area is 181 Å². The van der Waals surface area contributed by atoms with Gasteiger partial charge in [0.2, 0.25) is 0 Å². The molecule has 1 atom stereocenters. The zero-order valence-electron chi connectivity index (χ0n) is 18.4. The maximum atomic E-state index is 5.66. The van der Waals surface area contributed by atoms with Crippen LogP contribution in [0.4, 0.5) is 5.82 Å². The van der Waals surface area contributed by atoms with E-state index in [9.17, 15) is 0 Å². The molecule has 0 aromatic carbocycles. The van der Waals surface area contributed by atoms with Crippen LogP contribution >= 0.6 is 0 Å². The fraction of sp³-hybridized carbons (Fsp3) is 0.391. The van der Waals surface area contributed by atoms with Crippen molar-refractivity contribution >= 4 is 16.9 Å². The van der Waals surface area contributed by atoms with Crippen LogP contribution in [0.1, 0.15) is 25.2 Å². The number of nitrogens with one attached hydrogen (secondary N) is 1. The highest BCUT2D eigenvalue weighted by Gasteiger charge is 2.25. The molecule has 0 radical (unpaired) electrons. The molecule has 4 aromatic rings. The van der Waals surface area contributed by atoms with E-state index in [4.69, 9.17) is 19.8 Å². The van der Waals surface area contributed by atoms with Gasteiger partial charge in [-0.25, -0.2) is 4.98 Å². The minimum Gasteiger partial charge on any atom is -0.377 e. The number of anilines is 1. The van der Waals surface area contributed by atoms with Crippen LogP contribution in [0.15, 0.2) is 30.5 Å². The Morgan fingerprint density at radius 2 is 2.06 bits per heavy atom. The SMILES string of the molecule is CCc1ccc(-c2cc(N3CCOC[C@H]3C)nc3c(-c4ccn[nH]4)nn(C)c23)c(C)n1. The Morgan fingerprint density at radius 3 is 2.77 bits per heavy atom. The van der Waals surface area contributed by atoms with Gasteiger partial charge in [-0.05, 0) is 38.5 Å². The summed E-state index contributed by atoms with van der Waals surface area (Å²) in [7, 11) is 1.97. The first-order valence-corrected chi connectivity index (χ1v) is 10.8. The molecule has 0 unspecified atom stereocenters. The lowest BCUT2D eigenvalue weighted by molar-refractivity contribution is 0.0986. The van der Waals surface area contributed by atoms with Crippen LogP contribution in [0.3, 0.4) is 0 Å². The average Bonchev–Trinajstić information content (AvgIpc) is 3.41. The van der Waals surface area contributed by atoms with Crippen LogP contribution in [-0.4, -0.2) is 55.7 Å². The first-order valence-electron chi connectivity index (χ1n) is 10.8. The molecule has 0 aliphatic carbocycles. The van der Waals surface area contributed by atoms with Crippen molar-refractivity contribution in [3.05, 3.63) is 41.9 Å². The molecule has 0 bridgehead atoms. The number of aryl methyl sites for hydroxylation is 3. The van der Waals surface area contributed by atoms with Crippen LogP contribution in [0.5, 0.6) is 0 Å². The van der Waals surface area contributed by atoms with Gasteiger partial charge in [0.1, 0.15) is 17.0 Å². The van der Waals surface area contributed by atoms with Crippen LogP contribution < -0.4 is 4.90 Å². The third-order valence-corrected chi connectivity index (χ3v) is 5.99. The molecule has 1 aliphatic rings. The third-order valence-electron chi connectivity index (χ3n) is 5.99. The zero-order chi connectivity index (χ0) is 21.5. The lowest BCUT2D eigenvalue weighted by Crippen LogP contribution is -2.44. The maximum Gasteiger partial charge on any atom is 0.136 e. The molecule has 0 amide bonds. The van der Waals surface area contributed by atoms with Gasteiger partial charge in [0, 0.05) is 42.3 Å². The van der Waals surface area contributed by atoms with Crippen LogP contribution in [0.25, 0.3) is 33.5 Å². The highest BCUT2D eigenvalue weighted by molar-refractivity contribution is 6.00. The van der Waals surface area contributed by atoms with E-state index in [1.807, 2.05) is 17.8 Å². The first kappa shape index (κ1) is 19.7. The minimum atomic E-state index is 0.250. The highest BCUT2D eigenvalue weighted by atomic mass is 16.5. The Kier molecular flexibility index (Phi) is 4.94. The van der Waals surface area contributed by atoms with Crippen molar-refractivity contribution in [3.63, 3.8) is 0 Å². The lowest BCUT2D eigenvalue weighted by atomic mass is 10.0. The molecule has 0 saturated carbocycles. The first-order chi connectivity index (χ1) is 15.1. The molecule has 8 heteroatoms. The second kappa shape index (κ2) is 7.77. The second-order valence-electron chi connectivity index (χ2n) is 8.07. The fourth-order valence-corrected chi connectivity index (χ4v) is 4.35. The van der Waals surface area contributed by atoms with Gasteiger partial charge in [-0.3, -0.25) is 14.8 Å². The number of hydrogen-bond acceptors (Lipinski definition) is 6. The Bertz CT molecular complexity index is 1230. The summed E-state index contributed by atoms with van der Waals surface area (Å²) in [4.78, 5) is 12.2. The van der Waals surface area contributed by atoms with Crippen LogP contribution in [0, 0.1) is 6.92 Å². The molecule has 1 aliphatic heterocycles. The molecule has 1 saturated heterocycles. The molecule has 31 heavy (non-hydrogen) atoms. The monoisotopic (exact) mass is 417 g/mol. The zero-order valence-corrected chi connectivity index (χ0v) is 18.4. The Morgan fingerprint density at radius 1 is 1.19 bits per heavy atom. The van der Waals surface area contributed by atoms with E-state index in [1.165, 1.54) is 0 Å². The molecular formula is C23H27N7O. The van der Waals surface area contributed by atoms with Gasteiger partial charge >= 0.3 is 0 Å². The van der Waals surface area contributed by atoms with E-state index < -0.39 is 0 Å². The number of ether oxygens (including phenoxy) is 1.